The normalized spacial score (nSPS) is 10.3. The highest BCUT2D eigenvalue weighted by Gasteiger charge is 2.03. The molecule has 0 saturated heterocycles. The van der Waals surface area contributed by atoms with Crippen molar-refractivity contribution >= 4 is 5.91 Å². The second-order valence-electron chi connectivity index (χ2n) is 2.88. The molecule has 3 N–H and O–H groups in total. The van der Waals surface area contributed by atoms with Crippen LogP contribution in [0.1, 0.15) is 13.3 Å². The number of amides is 1. The highest BCUT2D eigenvalue weighted by Crippen LogP contribution is 1.80. The molecule has 0 heterocycles. The van der Waals surface area contributed by atoms with Gasteiger partial charge >= 0.3 is 0 Å². The van der Waals surface area contributed by atoms with Crippen molar-refractivity contribution in [3.63, 3.8) is 0 Å². The molecule has 0 unspecified atom stereocenters. The van der Waals surface area contributed by atoms with Crippen LogP contribution in [0.15, 0.2) is 0 Å². The van der Waals surface area contributed by atoms with Gasteiger partial charge in [-0.15, -0.1) is 0 Å². The Bertz CT molecular complexity index is 127. The van der Waals surface area contributed by atoms with Gasteiger partial charge in [0, 0.05) is 19.6 Å². The molecule has 1 amide bonds. The molecular weight excluding hydrogens is 154 g/mol. The fraction of sp³-hybridized carbons (Fsp3) is 0.875. The van der Waals surface area contributed by atoms with Gasteiger partial charge < -0.3 is 11.1 Å². The molecule has 12 heavy (non-hydrogen) atoms. The minimum Gasteiger partial charge on any atom is -0.355 e. The predicted molar refractivity (Wildman–Crippen MR) is 49.9 cm³/mol. The summed E-state index contributed by atoms with van der Waals surface area (Å²) in [5.74, 6) is 0.0767. The second-order valence-corrected chi connectivity index (χ2v) is 2.88. The lowest BCUT2D eigenvalue weighted by atomic mass is 10.4. The van der Waals surface area contributed by atoms with Gasteiger partial charge in [0.2, 0.25) is 5.91 Å². The third-order valence-corrected chi connectivity index (χ3v) is 1.50. The molecule has 0 radical (unpaired) electrons. The van der Waals surface area contributed by atoms with Crippen LogP contribution >= 0.6 is 0 Å². The van der Waals surface area contributed by atoms with E-state index in [0.717, 1.165) is 19.5 Å². The van der Waals surface area contributed by atoms with Crippen LogP contribution in [0.3, 0.4) is 0 Å². The molecule has 0 bridgehead atoms. The number of rotatable bonds is 6. The van der Waals surface area contributed by atoms with E-state index in [2.05, 4.69) is 5.32 Å². The van der Waals surface area contributed by atoms with Crippen LogP contribution in [-0.4, -0.2) is 44.0 Å². The smallest absolute Gasteiger partial charge is 0.234 e. The lowest BCUT2D eigenvalue weighted by Crippen LogP contribution is -2.37. The molecular formula is C8H19N3O. The van der Waals surface area contributed by atoms with Crippen molar-refractivity contribution in [1.82, 2.24) is 10.2 Å². The predicted octanol–water partition coefficient (Wildman–Crippen LogP) is -0.597. The zero-order valence-corrected chi connectivity index (χ0v) is 7.97. The molecule has 0 aromatic heterocycles. The largest absolute Gasteiger partial charge is 0.355 e. The van der Waals surface area contributed by atoms with E-state index in [9.17, 15) is 4.79 Å². The number of nitrogens with two attached hydrogens (primary N) is 1. The van der Waals surface area contributed by atoms with E-state index in [0.29, 0.717) is 13.1 Å². The molecule has 0 saturated carbocycles. The second kappa shape index (κ2) is 7.06. The molecule has 0 spiro atoms. The van der Waals surface area contributed by atoms with Gasteiger partial charge in [-0.2, -0.15) is 0 Å². The average molecular weight is 173 g/mol. The Morgan fingerprint density at radius 3 is 2.75 bits per heavy atom. The molecule has 0 aliphatic carbocycles. The summed E-state index contributed by atoms with van der Waals surface area (Å²) in [6, 6.07) is 0. The number of nitrogens with one attached hydrogen (secondary N) is 1. The maximum Gasteiger partial charge on any atom is 0.234 e. The van der Waals surface area contributed by atoms with Crippen molar-refractivity contribution in [2.75, 3.05) is 33.2 Å². The number of likely N-dealkylation sites (N-methyl/N-ethyl adjacent to an activating group) is 1. The van der Waals surface area contributed by atoms with Gasteiger partial charge in [-0.05, 0) is 13.5 Å². The maximum atomic E-state index is 11.1. The molecule has 0 aliphatic rings. The molecule has 4 heteroatoms. The Balaban J connectivity index is 3.40. The van der Waals surface area contributed by atoms with Crippen LogP contribution in [0.2, 0.25) is 0 Å². The Morgan fingerprint density at radius 1 is 1.58 bits per heavy atom. The van der Waals surface area contributed by atoms with E-state index in [4.69, 9.17) is 5.73 Å². The lowest BCUT2D eigenvalue weighted by Gasteiger charge is -2.14. The summed E-state index contributed by atoms with van der Waals surface area (Å²) in [6.45, 7) is 4.59. The summed E-state index contributed by atoms with van der Waals surface area (Å²) < 4.78 is 0. The number of carbonyl (C=O) groups excluding carboxylic acids is 1. The van der Waals surface area contributed by atoms with E-state index in [-0.39, 0.29) is 5.91 Å². The van der Waals surface area contributed by atoms with Crippen LogP contribution in [-0.2, 0) is 4.79 Å². The topological polar surface area (TPSA) is 58.4 Å². The monoisotopic (exact) mass is 173 g/mol. The zero-order valence-electron chi connectivity index (χ0n) is 7.97. The highest BCUT2D eigenvalue weighted by molar-refractivity contribution is 5.77. The van der Waals surface area contributed by atoms with E-state index >= 15 is 0 Å². The number of nitrogens with zero attached hydrogens (tertiary/aromatic N) is 1. The van der Waals surface area contributed by atoms with Gasteiger partial charge in [-0.3, -0.25) is 9.69 Å². The van der Waals surface area contributed by atoms with E-state index in [1.165, 1.54) is 0 Å². The third kappa shape index (κ3) is 6.12. The quantitative estimate of drug-likeness (QED) is 0.564. The Labute approximate surface area is 74.1 Å². The Kier molecular flexibility index (Phi) is 6.70. The first-order chi connectivity index (χ1) is 5.70. The van der Waals surface area contributed by atoms with Crippen molar-refractivity contribution in [2.24, 2.45) is 5.73 Å². The van der Waals surface area contributed by atoms with Crippen LogP contribution in [0, 0.1) is 0 Å². The van der Waals surface area contributed by atoms with Crippen LogP contribution in [0.25, 0.3) is 0 Å². The molecule has 4 nitrogen and oxygen atoms in total. The molecule has 0 rings (SSSR count). The van der Waals surface area contributed by atoms with Gasteiger partial charge in [-0.25, -0.2) is 0 Å². The SMILES string of the molecule is CCCNC(=O)CN(C)CCN. The fourth-order valence-corrected chi connectivity index (χ4v) is 0.865. The standard InChI is InChI=1S/C8H19N3O/c1-3-5-10-8(12)7-11(2)6-4-9/h3-7,9H2,1-2H3,(H,10,12). The summed E-state index contributed by atoms with van der Waals surface area (Å²) in [4.78, 5) is 13.0. The summed E-state index contributed by atoms with van der Waals surface area (Å²) in [5, 5.41) is 2.80. The van der Waals surface area contributed by atoms with Gasteiger partial charge in [0.1, 0.15) is 0 Å². The van der Waals surface area contributed by atoms with Crippen LogP contribution < -0.4 is 11.1 Å². The van der Waals surface area contributed by atoms with E-state index in [1.807, 2.05) is 18.9 Å². The maximum absolute atomic E-state index is 11.1. The molecule has 0 aliphatic heterocycles. The minimum atomic E-state index is 0.0767. The first-order valence-electron chi connectivity index (χ1n) is 4.36. The molecule has 0 aromatic rings. The number of hydrogen-bond acceptors (Lipinski definition) is 3. The van der Waals surface area contributed by atoms with Crippen molar-refractivity contribution in [3.05, 3.63) is 0 Å². The van der Waals surface area contributed by atoms with Gasteiger partial charge in [-0.1, -0.05) is 6.92 Å². The lowest BCUT2D eigenvalue weighted by molar-refractivity contribution is -0.121. The molecule has 0 atom stereocenters. The summed E-state index contributed by atoms with van der Waals surface area (Å²) in [6.07, 6.45) is 0.979. The van der Waals surface area contributed by atoms with Crippen molar-refractivity contribution in [1.29, 1.82) is 0 Å². The van der Waals surface area contributed by atoms with Crippen LogP contribution in [0.4, 0.5) is 0 Å². The van der Waals surface area contributed by atoms with Crippen molar-refractivity contribution < 1.29 is 4.79 Å². The van der Waals surface area contributed by atoms with Gasteiger partial charge in [0.05, 0.1) is 6.54 Å². The van der Waals surface area contributed by atoms with Gasteiger partial charge in [0.15, 0.2) is 0 Å². The molecule has 0 aromatic carbocycles. The van der Waals surface area contributed by atoms with Crippen LogP contribution in [0.5, 0.6) is 0 Å². The number of carbonyl (C=O) groups is 1. The third-order valence-electron chi connectivity index (χ3n) is 1.50. The van der Waals surface area contributed by atoms with E-state index in [1.54, 1.807) is 0 Å². The summed E-state index contributed by atoms with van der Waals surface area (Å²) in [5.41, 5.74) is 5.33. The molecule has 0 fully saturated rings. The Morgan fingerprint density at radius 2 is 2.25 bits per heavy atom. The first-order valence-corrected chi connectivity index (χ1v) is 4.36. The summed E-state index contributed by atoms with van der Waals surface area (Å²) in [7, 11) is 1.89. The summed E-state index contributed by atoms with van der Waals surface area (Å²) >= 11 is 0. The minimum absolute atomic E-state index is 0.0767. The van der Waals surface area contributed by atoms with Crippen molar-refractivity contribution in [3.8, 4) is 0 Å². The highest BCUT2D eigenvalue weighted by atomic mass is 16.1. The molecule has 72 valence electrons. The van der Waals surface area contributed by atoms with Gasteiger partial charge in [0.25, 0.3) is 0 Å². The average Bonchev–Trinajstić information content (AvgIpc) is 2.01. The van der Waals surface area contributed by atoms with Crippen molar-refractivity contribution in [2.45, 2.75) is 13.3 Å². The zero-order chi connectivity index (χ0) is 9.40. The number of hydrogen-bond donors (Lipinski definition) is 2. The first kappa shape index (κ1) is 11.4. The van der Waals surface area contributed by atoms with E-state index < -0.39 is 0 Å². The fourth-order valence-electron chi connectivity index (χ4n) is 0.865. The Hall–Kier alpha value is -0.610.